The van der Waals surface area contributed by atoms with Crippen molar-refractivity contribution in [2.24, 2.45) is 20.5 Å². The number of anilines is 5. The molecule has 56 heavy (non-hydrogen) atoms. The van der Waals surface area contributed by atoms with Gasteiger partial charge in [0.1, 0.15) is 0 Å². The minimum absolute atomic E-state index is 0.0253. The lowest BCUT2D eigenvalue weighted by Gasteiger charge is -2.13. The van der Waals surface area contributed by atoms with Crippen LogP contribution in [0.3, 0.4) is 0 Å². The molecule has 1 aromatic heterocycles. The third kappa shape index (κ3) is 11.4. The molecule has 7 N–H and O–H groups in total. The zero-order chi connectivity index (χ0) is 40.6. The first-order chi connectivity index (χ1) is 26.4. The van der Waals surface area contributed by atoms with Gasteiger partial charge in [0.05, 0.1) is 44.5 Å². The summed E-state index contributed by atoms with van der Waals surface area (Å²) in [6, 6.07) is 18.8. The van der Waals surface area contributed by atoms with E-state index >= 15 is 0 Å². The molecule has 1 heterocycles. The maximum absolute atomic E-state index is 11.5. The average Bonchev–Trinajstić information content (AvgIpc) is 3.13. The molecule has 0 fully saturated rings. The van der Waals surface area contributed by atoms with Crippen LogP contribution in [-0.2, 0) is 26.7 Å². The first-order valence-corrected chi connectivity index (χ1v) is 19.3. The van der Waals surface area contributed by atoms with E-state index in [0.29, 0.717) is 34.7 Å². The van der Waals surface area contributed by atoms with Crippen molar-refractivity contribution in [2.75, 3.05) is 28.2 Å². The molecule has 4 aromatic carbocycles. The number of hydrogen-bond acceptors (Lipinski definition) is 16. The lowest BCUT2D eigenvalue weighted by molar-refractivity contribution is 0.0696. The topological polar surface area (TPSA) is 308 Å². The summed E-state index contributed by atoms with van der Waals surface area (Å²) in [6.07, 6.45) is 0.522. The molecular weight excluding hydrogens is 773 g/mol. The molecule has 0 spiro atoms. The van der Waals surface area contributed by atoms with Gasteiger partial charge in [-0.3, -0.25) is 9.11 Å². The van der Waals surface area contributed by atoms with Crippen molar-refractivity contribution in [1.82, 2.24) is 15.0 Å². The van der Waals surface area contributed by atoms with E-state index in [9.17, 15) is 45.7 Å². The largest absolute Gasteiger partial charge is 0.478 e. The molecule has 5 aromatic rings. The zero-order valence-corrected chi connectivity index (χ0v) is 30.9. The van der Waals surface area contributed by atoms with E-state index < -0.39 is 37.9 Å². The minimum Gasteiger partial charge on any atom is -0.478 e. The molecule has 0 saturated carbocycles. The van der Waals surface area contributed by atoms with E-state index in [0.717, 1.165) is 11.6 Å². The van der Waals surface area contributed by atoms with E-state index in [4.69, 9.17) is 0 Å². The smallest absolute Gasteiger partial charge is 0.335 e. The Morgan fingerprint density at radius 3 is 1.82 bits per heavy atom. The summed E-state index contributed by atoms with van der Waals surface area (Å²) >= 11 is 0. The van der Waals surface area contributed by atoms with Gasteiger partial charge in [0.15, 0.2) is 0 Å². The van der Waals surface area contributed by atoms with Crippen LogP contribution in [0.4, 0.5) is 52.0 Å². The molecule has 290 valence electrons. The van der Waals surface area contributed by atoms with Gasteiger partial charge in [-0.1, -0.05) is 13.0 Å². The molecule has 20 nitrogen and oxygen atoms in total. The number of rotatable bonds is 16. The number of carbonyl (C=O) groups is 2. The normalized spacial score (nSPS) is 11.9. The fourth-order valence-electron chi connectivity index (χ4n) is 4.85. The minimum atomic E-state index is -4.42. The number of azo groups is 2. The van der Waals surface area contributed by atoms with Gasteiger partial charge in [0, 0.05) is 17.9 Å². The predicted molar refractivity (Wildman–Crippen MR) is 203 cm³/mol. The van der Waals surface area contributed by atoms with E-state index in [1.165, 1.54) is 36.4 Å². The second-order valence-corrected chi connectivity index (χ2v) is 14.7. The van der Waals surface area contributed by atoms with Crippen molar-refractivity contribution in [1.29, 1.82) is 0 Å². The first kappa shape index (κ1) is 40.4. The molecule has 0 radical (unpaired) electrons. The van der Waals surface area contributed by atoms with Gasteiger partial charge in [-0.15, -0.1) is 0 Å². The predicted octanol–water partition coefficient (Wildman–Crippen LogP) is 7.00. The van der Waals surface area contributed by atoms with Gasteiger partial charge < -0.3 is 26.2 Å². The maximum atomic E-state index is 11.5. The number of nitrogens with zero attached hydrogens (tertiary/aromatic N) is 7. The molecule has 0 saturated heterocycles. The second kappa shape index (κ2) is 17.2. The van der Waals surface area contributed by atoms with Gasteiger partial charge in [-0.05, 0) is 97.3 Å². The highest BCUT2D eigenvalue weighted by molar-refractivity contribution is 7.86. The average molecular weight is 805 g/mol. The van der Waals surface area contributed by atoms with Crippen LogP contribution in [0.25, 0.3) is 0 Å². The Balaban J connectivity index is 1.38. The Hall–Kier alpha value is -6.75. The lowest BCUT2D eigenvalue weighted by Crippen LogP contribution is -2.17. The Morgan fingerprint density at radius 2 is 1.25 bits per heavy atom. The third-order valence-corrected chi connectivity index (χ3v) is 9.09. The summed E-state index contributed by atoms with van der Waals surface area (Å²) < 4.78 is 64.1. The number of aryl methyl sites for hydroxylation is 2. The highest BCUT2D eigenvalue weighted by Crippen LogP contribution is 2.30. The highest BCUT2D eigenvalue weighted by Gasteiger charge is 2.14. The van der Waals surface area contributed by atoms with Crippen molar-refractivity contribution in [2.45, 2.75) is 25.2 Å². The number of hydrogen-bond donors (Lipinski definition) is 7. The maximum Gasteiger partial charge on any atom is 0.335 e. The number of carboxylic acids is 2. The molecule has 0 atom stereocenters. The monoisotopic (exact) mass is 804 g/mol. The third-order valence-electron chi connectivity index (χ3n) is 7.52. The zero-order valence-electron chi connectivity index (χ0n) is 29.3. The Bertz CT molecular complexity index is 2570. The van der Waals surface area contributed by atoms with Crippen LogP contribution >= 0.6 is 0 Å². The number of benzene rings is 4. The van der Waals surface area contributed by atoms with Crippen LogP contribution in [0.2, 0.25) is 0 Å². The molecule has 0 aliphatic heterocycles. The van der Waals surface area contributed by atoms with Crippen LogP contribution in [0.1, 0.15) is 38.8 Å². The van der Waals surface area contributed by atoms with E-state index in [1.807, 2.05) is 6.92 Å². The highest BCUT2D eigenvalue weighted by atomic mass is 32.2. The molecule has 22 heteroatoms. The molecular formula is C34H32N10O10S2. The van der Waals surface area contributed by atoms with Crippen molar-refractivity contribution < 1.29 is 45.7 Å². The van der Waals surface area contributed by atoms with Crippen LogP contribution < -0.4 is 16.0 Å². The number of aromatic nitrogens is 3. The molecule has 0 aliphatic rings. The fourth-order valence-corrected chi connectivity index (χ4v) is 5.73. The van der Waals surface area contributed by atoms with Crippen molar-refractivity contribution in [3.05, 3.63) is 101 Å². The summed E-state index contributed by atoms with van der Waals surface area (Å²) in [4.78, 5) is 35.6. The quantitative estimate of drug-likeness (QED) is 0.0390. The summed E-state index contributed by atoms with van der Waals surface area (Å²) in [5, 5.41) is 44.0. The summed E-state index contributed by atoms with van der Waals surface area (Å²) in [7, 11) is -8.71. The Morgan fingerprint density at radius 1 is 0.679 bits per heavy atom. The van der Waals surface area contributed by atoms with Crippen LogP contribution in [0, 0.1) is 6.92 Å². The van der Waals surface area contributed by atoms with Gasteiger partial charge in [-0.25, -0.2) is 9.59 Å². The number of nitrogens with one attached hydrogen (secondary N) is 3. The van der Waals surface area contributed by atoms with Crippen molar-refractivity contribution in [3.8, 4) is 0 Å². The summed E-state index contributed by atoms with van der Waals surface area (Å²) in [5.74, 6) is -3.22. The standard InChI is InChI=1S/C34H32N10O10S2/c1-3-20-15-24(8-10-29(20)44-41-25-5-4-6-27(18-25)56(52,53)54)37-34-39-32(35-11-12-55(49,50)51)38-33(40-34)36-23-7-9-28(19(2)13-23)43-42-26-16-21(30(45)46)14-22(17-26)31(47)48/h4-10,13-18H,3,11-12H2,1-2H3,(H,45,46)(H,47,48)(H,49,50,51)(H,52,53,54)(H3,35,36,37,38,39,40). The Labute approximate surface area is 319 Å². The van der Waals surface area contributed by atoms with E-state index in [2.05, 4.69) is 51.4 Å². The number of carboxylic acid groups (broad SMARTS) is 2. The van der Waals surface area contributed by atoms with Crippen LogP contribution in [-0.4, -0.2) is 75.3 Å². The van der Waals surface area contributed by atoms with Gasteiger partial charge in [-0.2, -0.15) is 52.2 Å². The van der Waals surface area contributed by atoms with Gasteiger partial charge >= 0.3 is 11.9 Å². The lowest BCUT2D eigenvalue weighted by atomic mass is 10.1. The van der Waals surface area contributed by atoms with Gasteiger partial charge in [0.25, 0.3) is 20.2 Å². The van der Waals surface area contributed by atoms with E-state index in [-0.39, 0.29) is 51.8 Å². The number of aromatic carboxylic acids is 2. The van der Waals surface area contributed by atoms with Gasteiger partial charge in [0.2, 0.25) is 17.8 Å². The summed E-state index contributed by atoms with van der Waals surface area (Å²) in [6.45, 7) is 3.39. The first-order valence-electron chi connectivity index (χ1n) is 16.2. The van der Waals surface area contributed by atoms with Crippen molar-refractivity contribution >= 4 is 84.1 Å². The molecule has 5 rings (SSSR count). The van der Waals surface area contributed by atoms with E-state index in [1.54, 1.807) is 43.3 Å². The molecule has 0 amide bonds. The van der Waals surface area contributed by atoms with Crippen molar-refractivity contribution in [3.63, 3.8) is 0 Å². The van der Waals surface area contributed by atoms with Crippen LogP contribution in [0.15, 0.2) is 104 Å². The molecule has 0 bridgehead atoms. The fraction of sp³-hybridized carbons (Fsp3) is 0.147. The molecule has 0 unspecified atom stereocenters. The van der Waals surface area contributed by atoms with Crippen LogP contribution in [0.5, 0.6) is 0 Å². The summed E-state index contributed by atoms with van der Waals surface area (Å²) in [5.41, 5.74) is 2.96. The SMILES string of the molecule is CCc1cc(Nc2nc(NCCS(=O)(=O)O)nc(Nc3ccc(N=Nc4cc(C(=O)O)cc(C(=O)O)c4)c(C)c3)n2)ccc1N=Nc1cccc(S(=O)(=O)O)c1. The second-order valence-electron chi connectivity index (χ2n) is 11.7. The molecule has 0 aliphatic carbocycles. The Kier molecular flexibility index (Phi) is 12.4.